The molecule has 0 fully saturated rings. The number of hydrogen-bond donors (Lipinski definition) is 4. The van der Waals surface area contributed by atoms with E-state index in [4.69, 9.17) is 20.4 Å². The van der Waals surface area contributed by atoms with E-state index in [9.17, 15) is 0 Å². The average Bonchev–Trinajstić information content (AvgIpc) is 1.79. The van der Waals surface area contributed by atoms with Crippen LogP contribution in [0, 0.1) is 0 Å². The number of aliphatic hydroxyl groups excluding tert-OH is 4. The first kappa shape index (κ1) is 31.8. The summed E-state index contributed by atoms with van der Waals surface area (Å²) < 4.78 is 0. The summed E-state index contributed by atoms with van der Waals surface area (Å²) >= 11 is 0. The van der Waals surface area contributed by atoms with Gasteiger partial charge in [0, 0.05) is 54.6 Å². The fourth-order valence-electron chi connectivity index (χ4n) is 0.987. The summed E-state index contributed by atoms with van der Waals surface area (Å²) in [6.07, 6.45) is -0.556. The largest absolute Gasteiger partial charge is 0 e. The zero-order valence-corrected chi connectivity index (χ0v) is 25.8. The molecule has 0 saturated carbocycles. The van der Waals surface area contributed by atoms with Crippen LogP contribution < -0.4 is 0 Å². The van der Waals surface area contributed by atoms with Gasteiger partial charge in [-0.3, -0.25) is 0 Å². The van der Waals surface area contributed by atoms with Gasteiger partial charge in [0.2, 0.25) is 0 Å². The molecule has 4 N–H and O–H groups in total. The van der Waals surface area contributed by atoms with Crippen molar-refractivity contribution in [2.24, 2.45) is 0 Å². The molecule has 0 aliphatic rings. The van der Waals surface area contributed by atoms with Crippen molar-refractivity contribution in [1.29, 1.82) is 0 Å². The van der Waals surface area contributed by atoms with Gasteiger partial charge in [-0.2, -0.15) is 0 Å². The van der Waals surface area contributed by atoms with Gasteiger partial charge >= 0.3 is 27.3 Å². The van der Waals surface area contributed by atoms with Gasteiger partial charge in [0.25, 0.3) is 0 Å². The van der Waals surface area contributed by atoms with Gasteiger partial charge in [-0.05, 0) is 40.5 Å². The van der Waals surface area contributed by atoms with Crippen LogP contribution in [0.3, 0.4) is 0 Å². The van der Waals surface area contributed by atoms with E-state index in [0.717, 1.165) is 0 Å². The first-order valence-electron chi connectivity index (χ1n) is 4.98. The van der Waals surface area contributed by atoms with Crippen molar-refractivity contribution < 1.29 is 20.4 Å². The van der Waals surface area contributed by atoms with Gasteiger partial charge in [0.05, 0.1) is 24.4 Å². The smallest absolute Gasteiger partial charge is 0 e. The molecule has 0 aromatic carbocycles. The first-order chi connectivity index (χ1) is 6.25. The summed E-state index contributed by atoms with van der Waals surface area (Å²) in [7, 11) is 0. The van der Waals surface area contributed by atoms with Crippen molar-refractivity contribution in [2.75, 3.05) is 0 Å². The van der Waals surface area contributed by atoms with Crippen LogP contribution >= 0.6 is 0 Å². The van der Waals surface area contributed by atoms with Gasteiger partial charge in [-0.25, -0.2) is 0 Å². The zero-order valence-electron chi connectivity index (χ0n) is 11.4. The van der Waals surface area contributed by atoms with Crippen LogP contribution in [0.15, 0.2) is 0 Å². The number of rotatable bonds is 4. The molecule has 0 aromatic rings. The third-order valence-electron chi connectivity index (χ3n) is 1.36. The Bertz CT molecular complexity index is 96.1. The van der Waals surface area contributed by atoms with Gasteiger partial charge in [0.15, 0.2) is 0 Å². The Morgan fingerprint density at radius 2 is 0.706 bits per heavy atom. The minimum absolute atomic E-state index is 0. The summed E-state index contributed by atoms with van der Waals surface area (Å²) in [6, 6.07) is 0. The fourth-order valence-corrected chi connectivity index (χ4v) is 0.987. The van der Waals surface area contributed by atoms with Crippen molar-refractivity contribution in [3.05, 3.63) is 0 Å². The van der Waals surface area contributed by atoms with Gasteiger partial charge < -0.3 is 20.4 Å². The molecule has 98 valence electrons. The van der Waals surface area contributed by atoms with E-state index in [1.165, 1.54) is 0 Å². The van der Waals surface area contributed by atoms with E-state index in [-0.39, 0.29) is 106 Å². The predicted octanol–water partition coefficient (Wildman–Crippen LogP) is -1.13. The molecule has 4 unspecified atom stereocenters. The molecule has 0 heterocycles. The van der Waals surface area contributed by atoms with Crippen molar-refractivity contribution in [1.82, 2.24) is 0 Å². The molecule has 4 atom stereocenters. The van der Waals surface area contributed by atoms with E-state index in [1.807, 2.05) is 0 Å². The van der Waals surface area contributed by atoms with Crippen LogP contribution in [0.4, 0.5) is 0 Å². The van der Waals surface area contributed by atoms with Gasteiger partial charge in [0.1, 0.15) is 0 Å². The Kier molecular flexibility index (Phi) is 39.1. The van der Waals surface area contributed by atoms with Crippen LogP contribution in [-0.4, -0.2) is 127 Å². The summed E-state index contributed by atoms with van der Waals surface area (Å²) in [5, 5.41) is 34.3. The minimum atomic E-state index is -0.375. The topological polar surface area (TPSA) is 80.9 Å². The average molecular weight is 822 g/mol. The Morgan fingerprint density at radius 1 is 0.588 bits per heavy atom. The predicted molar refractivity (Wildman–Crippen MR) is 74.6 cm³/mol. The molecule has 0 aliphatic carbocycles. The quantitative estimate of drug-likeness (QED) is 0.271. The third-order valence-corrected chi connectivity index (χ3v) is 1.36. The van der Waals surface area contributed by atoms with Crippen molar-refractivity contribution in [2.45, 2.75) is 65.0 Å². The normalized spacial score (nSPS) is 15.5. The number of hydrogen-bond acceptors (Lipinski definition) is 4. The van der Waals surface area contributed by atoms with E-state index in [2.05, 4.69) is 0 Å². The Morgan fingerprint density at radius 3 is 0.706 bits per heavy atom. The van der Waals surface area contributed by atoms with Crippen molar-refractivity contribution in [3.63, 3.8) is 0 Å². The van der Waals surface area contributed by atoms with Crippen LogP contribution in [0.5, 0.6) is 0 Å². The third kappa shape index (κ3) is 45.6. The fraction of sp³-hybridized carbons (Fsp3) is 1.00. The molecule has 0 spiro atoms. The maximum absolute atomic E-state index is 8.56. The van der Waals surface area contributed by atoms with E-state index in [1.54, 1.807) is 27.7 Å². The molecule has 0 amide bonds. The summed E-state index contributed by atoms with van der Waals surface area (Å²) in [5.74, 6) is 0. The summed E-state index contributed by atoms with van der Waals surface area (Å²) in [4.78, 5) is 0. The van der Waals surface area contributed by atoms with Crippen LogP contribution in [0.25, 0.3) is 0 Å². The van der Waals surface area contributed by atoms with Crippen molar-refractivity contribution in [3.8, 4) is 0 Å². The van der Waals surface area contributed by atoms with Crippen LogP contribution in [-0.2, 0) is 0 Å². The van der Waals surface area contributed by atoms with Crippen LogP contribution in [0.1, 0.15) is 40.5 Å². The molecule has 0 rings (SSSR count). The van der Waals surface area contributed by atoms with Gasteiger partial charge in [-0.1, -0.05) is 0 Å². The molecular formula is C10H25O4Tl3. The van der Waals surface area contributed by atoms with Crippen LogP contribution in [0.2, 0.25) is 0 Å². The molecule has 17 heavy (non-hydrogen) atoms. The Hall–Kier alpha value is 2.61. The zero-order chi connectivity index (χ0) is 11.7. The van der Waals surface area contributed by atoms with E-state index < -0.39 is 0 Å². The molecule has 7 heteroatoms. The monoisotopic (exact) mass is 824 g/mol. The molecule has 0 aliphatic heterocycles. The summed E-state index contributed by atoms with van der Waals surface area (Å²) in [6.45, 7) is 6.64. The molecular weight excluding hydrogens is 797 g/mol. The molecule has 0 aromatic heterocycles. The molecule has 3 radical (unpaired) electrons. The second-order valence-corrected chi connectivity index (χ2v) is 3.87. The Labute approximate surface area is 165 Å². The van der Waals surface area contributed by atoms with E-state index in [0.29, 0.717) is 12.8 Å². The first-order valence-corrected chi connectivity index (χ1v) is 4.98. The molecule has 4 nitrogen and oxygen atoms in total. The molecule has 0 saturated heterocycles. The second-order valence-electron chi connectivity index (χ2n) is 3.87. The van der Waals surface area contributed by atoms with E-state index >= 15 is 0 Å². The SMILES string of the molecule is CC(O)CC(C)O.CC(O)CC(C)O.[TlH].[Tl].[Tl]. The standard InChI is InChI=1S/2C5H12O2.3Tl.H/c2*1-4(6)3-5(2)7;;;;/h2*4-7H,3H2,1-2H3;;;;. The van der Waals surface area contributed by atoms with Gasteiger partial charge in [-0.15, -0.1) is 0 Å². The molecule has 0 bridgehead atoms. The van der Waals surface area contributed by atoms with Crippen molar-refractivity contribution >= 4 is 81.9 Å². The second kappa shape index (κ2) is 20.9. The Balaban J connectivity index is -0.0000000480. The minimum Gasteiger partial charge on any atom is 0 e. The summed E-state index contributed by atoms with van der Waals surface area (Å²) in [5.41, 5.74) is 0. The number of aliphatic hydroxyl groups is 4. The maximum Gasteiger partial charge on any atom is 0 e. The maximum atomic E-state index is 8.56.